The van der Waals surface area contributed by atoms with Crippen LogP contribution in [0.5, 0.6) is 5.75 Å². The largest absolute Gasteiger partial charge is 0.488 e. The highest BCUT2D eigenvalue weighted by atomic mass is 32.2. The SMILES string of the molecule is Cc1cc(-c2cnn(S(=O)(=O)C(C)C)c2)cc(C=O)c1OCc1ccccc1. The second-order valence-corrected chi connectivity index (χ2v) is 9.15. The van der Waals surface area contributed by atoms with Gasteiger partial charge in [-0.2, -0.15) is 9.19 Å². The summed E-state index contributed by atoms with van der Waals surface area (Å²) in [6, 6.07) is 13.2. The van der Waals surface area contributed by atoms with Crippen LogP contribution in [0.25, 0.3) is 11.1 Å². The molecular weight excluding hydrogens is 376 g/mol. The number of nitrogens with zero attached hydrogens (tertiary/aromatic N) is 2. The molecule has 0 fully saturated rings. The van der Waals surface area contributed by atoms with Crippen LogP contribution in [0.15, 0.2) is 54.9 Å². The number of carbonyl (C=O) groups excluding carboxylic acids is 1. The van der Waals surface area contributed by atoms with E-state index in [4.69, 9.17) is 4.74 Å². The molecule has 0 radical (unpaired) electrons. The Morgan fingerprint density at radius 2 is 1.86 bits per heavy atom. The van der Waals surface area contributed by atoms with Crippen molar-refractivity contribution in [2.45, 2.75) is 32.6 Å². The Labute approximate surface area is 164 Å². The maximum Gasteiger partial charge on any atom is 0.256 e. The molecule has 2 aromatic carbocycles. The lowest BCUT2D eigenvalue weighted by molar-refractivity contribution is 0.111. The summed E-state index contributed by atoms with van der Waals surface area (Å²) in [5, 5.41) is 3.40. The summed E-state index contributed by atoms with van der Waals surface area (Å²) in [5.74, 6) is 0.518. The molecule has 0 aliphatic rings. The zero-order chi connectivity index (χ0) is 20.3. The first kappa shape index (κ1) is 19.8. The molecule has 0 amide bonds. The minimum absolute atomic E-state index is 0.354. The fourth-order valence-corrected chi connectivity index (χ4v) is 3.66. The van der Waals surface area contributed by atoms with Gasteiger partial charge in [-0.05, 0) is 49.6 Å². The average molecular weight is 398 g/mol. The molecule has 6 nitrogen and oxygen atoms in total. The van der Waals surface area contributed by atoms with Crippen molar-refractivity contribution in [3.8, 4) is 16.9 Å². The Kier molecular flexibility index (Phi) is 5.65. The van der Waals surface area contributed by atoms with Gasteiger partial charge in [-0.1, -0.05) is 30.3 Å². The van der Waals surface area contributed by atoms with Crippen molar-refractivity contribution in [3.05, 3.63) is 71.5 Å². The number of aldehydes is 1. The van der Waals surface area contributed by atoms with Crippen molar-refractivity contribution >= 4 is 16.3 Å². The van der Waals surface area contributed by atoms with Crippen LogP contribution in [-0.2, 0) is 16.6 Å². The maximum atomic E-state index is 12.3. The van der Waals surface area contributed by atoms with E-state index >= 15 is 0 Å². The molecular formula is C21H22N2O4S. The van der Waals surface area contributed by atoms with E-state index in [9.17, 15) is 13.2 Å². The van der Waals surface area contributed by atoms with Gasteiger partial charge in [0.15, 0.2) is 6.29 Å². The molecule has 0 N–H and O–H groups in total. The molecule has 0 spiro atoms. The Balaban J connectivity index is 1.91. The highest BCUT2D eigenvalue weighted by Gasteiger charge is 2.20. The molecule has 3 aromatic rings. The summed E-state index contributed by atoms with van der Waals surface area (Å²) < 4.78 is 31.4. The van der Waals surface area contributed by atoms with Crippen molar-refractivity contribution in [1.29, 1.82) is 0 Å². The summed E-state index contributed by atoms with van der Waals surface area (Å²) in [7, 11) is -3.53. The summed E-state index contributed by atoms with van der Waals surface area (Å²) in [6.45, 7) is 5.41. The number of rotatable bonds is 7. The molecule has 1 aromatic heterocycles. The average Bonchev–Trinajstić information content (AvgIpc) is 3.18. The summed E-state index contributed by atoms with van der Waals surface area (Å²) in [5.41, 5.74) is 3.52. The Bertz CT molecular complexity index is 1090. The smallest absolute Gasteiger partial charge is 0.256 e. The van der Waals surface area contributed by atoms with Gasteiger partial charge < -0.3 is 4.74 Å². The van der Waals surface area contributed by atoms with E-state index in [0.717, 1.165) is 21.5 Å². The van der Waals surface area contributed by atoms with Gasteiger partial charge in [0.2, 0.25) is 0 Å². The van der Waals surface area contributed by atoms with Gasteiger partial charge in [-0.3, -0.25) is 4.79 Å². The van der Waals surface area contributed by atoms with Crippen LogP contribution < -0.4 is 4.74 Å². The van der Waals surface area contributed by atoms with Crippen LogP contribution in [-0.4, -0.2) is 29.1 Å². The predicted octanol–water partition coefficient (Wildman–Crippen LogP) is 3.84. The van der Waals surface area contributed by atoms with E-state index in [1.54, 1.807) is 19.9 Å². The van der Waals surface area contributed by atoms with Crippen LogP contribution in [0.1, 0.15) is 35.3 Å². The van der Waals surface area contributed by atoms with Crippen LogP contribution >= 0.6 is 0 Å². The summed E-state index contributed by atoms with van der Waals surface area (Å²) in [6.07, 6.45) is 3.68. The molecule has 3 rings (SSSR count). The summed E-state index contributed by atoms with van der Waals surface area (Å²) >= 11 is 0. The van der Waals surface area contributed by atoms with Gasteiger partial charge in [0.05, 0.1) is 23.2 Å². The molecule has 146 valence electrons. The highest BCUT2D eigenvalue weighted by Crippen LogP contribution is 2.30. The molecule has 28 heavy (non-hydrogen) atoms. The van der Waals surface area contributed by atoms with Gasteiger partial charge in [-0.15, -0.1) is 0 Å². The van der Waals surface area contributed by atoms with Crippen LogP contribution in [0.2, 0.25) is 0 Å². The predicted molar refractivity (Wildman–Crippen MR) is 108 cm³/mol. The Morgan fingerprint density at radius 1 is 1.14 bits per heavy atom. The van der Waals surface area contributed by atoms with E-state index < -0.39 is 15.3 Å². The molecule has 0 atom stereocenters. The first-order chi connectivity index (χ1) is 13.3. The molecule has 0 aliphatic carbocycles. The lowest BCUT2D eigenvalue weighted by Crippen LogP contribution is -2.22. The van der Waals surface area contributed by atoms with Crippen LogP contribution in [0.3, 0.4) is 0 Å². The minimum atomic E-state index is -3.53. The quantitative estimate of drug-likeness (QED) is 0.565. The van der Waals surface area contributed by atoms with Crippen molar-refractivity contribution in [3.63, 3.8) is 0 Å². The lowest BCUT2D eigenvalue weighted by Gasteiger charge is -2.13. The third-order valence-electron chi connectivity index (χ3n) is 4.41. The zero-order valence-corrected chi connectivity index (χ0v) is 16.8. The first-order valence-corrected chi connectivity index (χ1v) is 10.4. The van der Waals surface area contributed by atoms with E-state index in [0.29, 0.717) is 29.0 Å². The third-order valence-corrected chi connectivity index (χ3v) is 6.32. The van der Waals surface area contributed by atoms with Crippen molar-refractivity contribution in [2.75, 3.05) is 0 Å². The molecule has 1 heterocycles. The second kappa shape index (κ2) is 7.98. The highest BCUT2D eigenvalue weighted by molar-refractivity contribution is 7.90. The van der Waals surface area contributed by atoms with Crippen molar-refractivity contribution in [1.82, 2.24) is 9.19 Å². The van der Waals surface area contributed by atoms with Crippen molar-refractivity contribution < 1.29 is 17.9 Å². The molecule has 7 heteroatoms. The first-order valence-electron chi connectivity index (χ1n) is 8.89. The van der Waals surface area contributed by atoms with Crippen LogP contribution in [0, 0.1) is 6.92 Å². The monoisotopic (exact) mass is 398 g/mol. The van der Waals surface area contributed by atoms with Gasteiger partial charge in [0.1, 0.15) is 12.4 Å². The van der Waals surface area contributed by atoms with Gasteiger partial charge in [0.25, 0.3) is 10.0 Å². The minimum Gasteiger partial charge on any atom is -0.488 e. The Hall–Kier alpha value is -2.93. The number of aryl methyl sites for hydroxylation is 1. The molecule has 0 unspecified atom stereocenters. The van der Waals surface area contributed by atoms with E-state index in [1.807, 2.05) is 43.3 Å². The van der Waals surface area contributed by atoms with Gasteiger partial charge in [-0.25, -0.2) is 8.42 Å². The number of hydrogen-bond donors (Lipinski definition) is 0. The molecule has 0 aliphatic heterocycles. The standard InChI is InChI=1S/C21H22N2O4S/c1-15(2)28(25,26)23-12-20(11-22-23)18-9-16(3)21(19(10-18)13-24)27-14-17-7-5-4-6-8-17/h4-13,15H,14H2,1-3H3. The van der Waals surface area contributed by atoms with E-state index in [-0.39, 0.29) is 0 Å². The van der Waals surface area contributed by atoms with Gasteiger partial charge in [0, 0.05) is 5.56 Å². The third kappa shape index (κ3) is 3.99. The lowest BCUT2D eigenvalue weighted by atomic mass is 10.0. The normalized spacial score (nSPS) is 11.6. The van der Waals surface area contributed by atoms with E-state index in [2.05, 4.69) is 5.10 Å². The fraction of sp³-hybridized carbons (Fsp3) is 0.238. The maximum absolute atomic E-state index is 12.3. The molecule has 0 bridgehead atoms. The topological polar surface area (TPSA) is 78.3 Å². The number of hydrogen-bond acceptors (Lipinski definition) is 5. The molecule has 0 saturated heterocycles. The molecule has 0 saturated carbocycles. The zero-order valence-electron chi connectivity index (χ0n) is 16.0. The van der Waals surface area contributed by atoms with E-state index in [1.165, 1.54) is 12.4 Å². The van der Waals surface area contributed by atoms with Crippen molar-refractivity contribution in [2.24, 2.45) is 0 Å². The van der Waals surface area contributed by atoms with Crippen LogP contribution in [0.4, 0.5) is 0 Å². The number of carbonyl (C=O) groups is 1. The second-order valence-electron chi connectivity index (χ2n) is 6.80. The number of benzene rings is 2. The summed E-state index contributed by atoms with van der Waals surface area (Å²) in [4.78, 5) is 11.6. The fourth-order valence-electron chi connectivity index (χ4n) is 2.79. The number of aromatic nitrogens is 2. The Morgan fingerprint density at radius 3 is 2.50 bits per heavy atom. The van der Waals surface area contributed by atoms with Gasteiger partial charge >= 0.3 is 0 Å². The number of ether oxygens (including phenoxy) is 1.